The molecule has 26 heavy (non-hydrogen) atoms. The monoisotopic (exact) mass is 360 g/mol. The van der Waals surface area contributed by atoms with Crippen molar-refractivity contribution in [3.63, 3.8) is 0 Å². The number of phenols is 2. The van der Waals surface area contributed by atoms with Gasteiger partial charge in [0.1, 0.15) is 11.6 Å². The van der Waals surface area contributed by atoms with Crippen molar-refractivity contribution in [2.24, 2.45) is 5.73 Å². The molecule has 1 unspecified atom stereocenters. The molecule has 0 saturated heterocycles. The van der Waals surface area contributed by atoms with Gasteiger partial charge in [-0.3, -0.25) is 9.78 Å². The van der Waals surface area contributed by atoms with Crippen LogP contribution >= 0.6 is 0 Å². The number of hydrogen-bond acceptors (Lipinski definition) is 7. The zero-order valence-electron chi connectivity index (χ0n) is 14.1. The zero-order valence-corrected chi connectivity index (χ0v) is 14.1. The molecule has 0 fully saturated rings. The van der Waals surface area contributed by atoms with E-state index in [0.29, 0.717) is 11.1 Å². The third kappa shape index (κ3) is 4.70. The molecule has 5 N–H and O–H groups in total. The lowest BCUT2D eigenvalue weighted by Gasteiger charge is -2.28. The van der Waals surface area contributed by atoms with E-state index in [-0.39, 0.29) is 24.3 Å². The Morgan fingerprint density at radius 2 is 1.85 bits per heavy atom. The lowest BCUT2D eigenvalue weighted by Crippen LogP contribution is -2.52. The second kappa shape index (κ2) is 7.83. The normalized spacial score (nSPS) is 14.2. The first-order valence-corrected chi connectivity index (χ1v) is 7.85. The number of nitrogens with two attached hydrogens (primary N) is 1. The van der Waals surface area contributed by atoms with Crippen molar-refractivity contribution in [3.05, 3.63) is 53.9 Å². The average molecular weight is 360 g/mol. The van der Waals surface area contributed by atoms with Crippen LogP contribution in [-0.4, -0.2) is 43.9 Å². The smallest absolute Gasteiger partial charge is 0.338 e. The van der Waals surface area contributed by atoms with Gasteiger partial charge in [0.25, 0.3) is 0 Å². The fourth-order valence-corrected chi connectivity index (χ4v) is 2.57. The Hall–Kier alpha value is -3.13. The quantitative estimate of drug-likeness (QED) is 0.429. The molecule has 2 atom stereocenters. The summed E-state index contributed by atoms with van der Waals surface area (Å²) < 4.78 is 5.26. The number of pyridine rings is 1. The Morgan fingerprint density at radius 3 is 2.42 bits per heavy atom. The summed E-state index contributed by atoms with van der Waals surface area (Å²) in [5, 5.41) is 28.4. The van der Waals surface area contributed by atoms with Gasteiger partial charge in [0, 0.05) is 25.2 Å². The van der Waals surface area contributed by atoms with Gasteiger partial charge < -0.3 is 25.8 Å². The Kier molecular flexibility index (Phi) is 5.78. The summed E-state index contributed by atoms with van der Waals surface area (Å²) in [6, 6.07) is 6.93. The summed E-state index contributed by atoms with van der Waals surface area (Å²) >= 11 is 0. The Morgan fingerprint density at radius 1 is 1.19 bits per heavy atom. The Bertz CT molecular complexity index is 796. The molecule has 2 rings (SSSR count). The molecule has 1 aromatic carbocycles. The summed E-state index contributed by atoms with van der Waals surface area (Å²) in [5.41, 5.74) is 5.04. The molecule has 1 heterocycles. The molecule has 0 saturated carbocycles. The number of benzene rings is 1. The van der Waals surface area contributed by atoms with Gasteiger partial charge in [-0.15, -0.1) is 0 Å². The predicted octanol–water partition coefficient (Wildman–Crippen LogP) is 1.45. The van der Waals surface area contributed by atoms with E-state index in [1.807, 2.05) is 0 Å². The van der Waals surface area contributed by atoms with Crippen LogP contribution in [0.5, 0.6) is 11.5 Å². The van der Waals surface area contributed by atoms with E-state index in [4.69, 9.17) is 10.5 Å². The molecule has 0 radical (unpaired) electrons. The van der Waals surface area contributed by atoms with E-state index in [1.54, 1.807) is 6.92 Å². The van der Waals surface area contributed by atoms with Crippen LogP contribution in [0.2, 0.25) is 0 Å². The van der Waals surface area contributed by atoms with Gasteiger partial charge in [-0.2, -0.15) is 0 Å². The molecule has 138 valence electrons. The van der Waals surface area contributed by atoms with Crippen LogP contribution in [0, 0.1) is 0 Å². The van der Waals surface area contributed by atoms with Gasteiger partial charge in [-0.25, -0.2) is 4.79 Å². The fourth-order valence-electron chi connectivity index (χ4n) is 2.57. The molecule has 0 spiro atoms. The number of aliphatic carboxylic acids is 1. The number of aromatic hydroxyl groups is 2. The van der Waals surface area contributed by atoms with Crippen LogP contribution < -0.4 is 5.73 Å². The second-order valence-corrected chi connectivity index (χ2v) is 6.12. The van der Waals surface area contributed by atoms with Crippen LogP contribution in [0.1, 0.15) is 29.3 Å². The number of carbonyl (C=O) groups is 2. The summed E-state index contributed by atoms with van der Waals surface area (Å²) in [6.45, 7) is 1.55. The first-order valence-electron chi connectivity index (χ1n) is 7.85. The third-order valence-electron chi connectivity index (χ3n) is 3.86. The van der Waals surface area contributed by atoms with Gasteiger partial charge >= 0.3 is 11.9 Å². The standard InChI is InChI=1S/C18H20N2O6/c1-11(26-16(23)13-4-6-20-7-5-13)9-18(19,17(24)25)10-12-2-3-14(21)15(22)8-12/h2-8,11,21-22H,9-10,19H2,1H3,(H,24,25)/t11-,18?/m0/s1. The van der Waals surface area contributed by atoms with Crippen LogP contribution in [0.15, 0.2) is 42.7 Å². The largest absolute Gasteiger partial charge is 0.504 e. The van der Waals surface area contributed by atoms with E-state index in [2.05, 4.69) is 4.98 Å². The molecule has 8 nitrogen and oxygen atoms in total. The Balaban J connectivity index is 2.09. The van der Waals surface area contributed by atoms with Crippen LogP contribution in [0.4, 0.5) is 0 Å². The van der Waals surface area contributed by atoms with Crippen molar-refractivity contribution < 1.29 is 29.6 Å². The van der Waals surface area contributed by atoms with Crippen molar-refractivity contribution in [3.8, 4) is 11.5 Å². The SMILES string of the molecule is C[C@@H](CC(N)(Cc1ccc(O)c(O)c1)C(=O)O)OC(=O)c1ccncc1. The van der Waals surface area contributed by atoms with E-state index < -0.39 is 23.6 Å². The maximum atomic E-state index is 12.1. The maximum absolute atomic E-state index is 12.1. The minimum absolute atomic E-state index is 0.118. The molecule has 0 bridgehead atoms. The highest BCUT2D eigenvalue weighted by molar-refractivity contribution is 5.89. The molecule has 8 heteroatoms. The van der Waals surface area contributed by atoms with Crippen molar-refractivity contribution >= 4 is 11.9 Å². The topological polar surface area (TPSA) is 143 Å². The number of rotatable bonds is 7. The lowest BCUT2D eigenvalue weighted by molar-refractivity contribution is -0.144. The average Bonchev–Trinajstić information content (AvgIpc) is 2.58. The summed E-state index contributed by atoms with van der Waals surface area (Å²) in [7, 11) is 0. The number of phenolic OH excluding ortho intramolecular Hbond substituents is 2. The highest BCUT2D eigenvalue weighted by Gasteiger charge is 2.37. The van der Waals surface area contributed by atoms with Crippen molar-refractivity contribution in [1.29, 1.82) is 0 Å². The number of hydrogen-bond donors (Lipinski definition) is 4. The molecule has 0 aliphatic rings. The fraction of sp³-hybridized carbons (Fsp3) is 0.278. The molecular formula is C18H20N2O6. The lowest BCUT2D eigenvalue weighted by atomic mass is 9.86. The zero-order chi connectivity index (χ0) is 19.3. The number of carboxylic acids is 1. The summed E-state index contributed by atoms with van der Waals surface area (Å²) in [6.07, 6.45) is 1.88. The minimum Gasteiger partial charge on any atom is -0.504 e. The highest BCUT2D eigenvalue weighted by atomic mass is 16.5. The predicted molar refractivity (Wildman–Crippen MR) is 91.8 cm³/mol. The van der Waals surface area contributed by atoms with Crippen LogP contribution in [0.25, 0.3) is 0 Å². The molecular weight excluding hydrogens is 340 g/mol. The molecule has 0 amide bonds. The minimum atomic E-state index is -1.72. The van der Waals surface area contributed by atoms with Gasteiger partial charge in [-0.05, 0) is 36.8 Å². The van der Waals surface area contributed by atoms with Crippen molar-refractivity contribution in [2.75, 3.05) is 0 Å². The van der Waals surface area contributed by atoms with E-state index in [1.165, 1.54) is 42.7 Å². The van der Waals surface area contributed by atoms with Gasteiger partial charge in [-0.1, -0.05) is 6.07 Å². The van der Waals surface area contributed by atoms with Crippen LogP contribution in [-0.2, 0) is 16.0 Å². The highest BCUT2D eigenvalue weighted by Crippen LogP contribution is 2.28. The Labute approximate surface area is 149 Å². The van der Waals surface area contributed by atoms with Crippen LogP contribution in [0.3, 0.4) is 0 Å². The number of esters is 1. The van der Waals surface area contributed by atoms with Crippen molar-refractivity contribution in [2.45, 2.75) is 31.4 Å². The number of carbonyl (C=O) groups excluding carboxylic acids is 1. The molecule has 0 aliphatic carbocycles. The van der Waals surface area contributed by atoms with Gasteiger partial charge in [0.15, 0.2) is 11.5 Å². The first kappa shape index (κ1) is 19.2. The van der Waals surface area contributed by atoms with E-state index >= 15 is 0 Å². The number of ether oxygens (including phenoxy) is 1. The molecule has 2 aromatic rings. The molecule has 1 aromatic heterocycles. The van der Waals surface area contributed by atoms with Crippen molar-refractivity contribution in [1.82, 2.24) is 4.98 Å². The molecule has 0 aliphatic heterocycles. The maximum Gasteiger partial charge on any atom is 0.338 e. The number of carboxylic acid groups (broad SMARTS) is 1. The summed E-state index contributed by atoms with van der Waals surface area (Å²) in [4.78, 5) is 27.5. The number of aromatic nitrogens is 1. The van der Waals surface area contributed by atoms with Gasteiger partial charge in [0.05, 0.1) is 5.56 Å². The second-order valence-electron chi connectivity index (χ2n) is 6.12. The van der Waals surface area contributed by atoms with Gasteiger partial charge in [0.2, 0.25) is 0 Å². The third-order valence-corrected chi connectivity index (χ3v) is 3.86. The summed E-state index contributed by atoms with van der Waals surface area (Å²) in [5.74, 6) is -2.55. The first-order chi connectivity index (χ1) is 12.2. The number of nitrogens with zero attached hydrogens (tertiary/aromatic N) is 1. The van der Waals surface area contributed by atoms with E-state index in [9.17, 15) is 24.9 Å². The van der Waals surface area contributed by atoms with E-state index in [0.717, 1.165) is 0 Å².